The first-order chi connectivity index (χ1) is 14.9. The molecule has 1 saturated heterocycles. The van der Waals surface area contributed by atoms with Crippen molar-refractivity contribution in [2.24, 2.45) is 0 Å². The lowest BCUT2D eigenvalue weighted by atomic mass is 10.1. The van der Waals surface area contributed by atoms with Gasteiger partial charge in [0.25, 0.3) is 5.91 Å². The molecule has 158 valence electrons. The van der Waals surface area contributed by atoms with E-state index in [0.29, 0.717) is 28.8 Å². The summed E-state index contributed by atoms with van der Waals surface area (Å²) in [6, 6.07) is 12.4. The first-order valence-electron chi connectivity index (χ1n) is 9.46. The monoisotopic (exact) mass is 422 g/mol. The number of benzene rings is 2. The number of amides is 3. The van der Waals surface area contributed by atoms with Crippen molar-refractivity contribution in [3.63, 3.8) is 0 Å². The second-order valence-corrected chi connectivity index (χ2v) is 6.95. The van der Waals surface area contributed by atoms with E-state index in [1.165, 1.54) is 4.90 Å². The molecule has 9 nitrogen and oxygen atoms in total. The molecule has 2 aromatic rings. The van der Waals surface area contributed by atoms with Crippen molar-refractivity contribution < 1.29 is 33.8 Å². The topological polar surface area (TPSA) is 113 Å². The highest BCUT2D eigenvalue weighted by Crippen LogP contribution is 2.33. The molecule has 2 aliphatic rings. The van der Waals surface area contributed by atoms with Crippen molar-refractivity contribution in [1.29, 1.82) is 0 Å². The Labute approximate surface area is 177 Å². The molecule has 0 radical (unpaired) electrons. The molecule has 4 rings (SSSR count). The average molecular weight is 422 g/mol. The number of para-hydroxylation sites is 1. The van der Waals surface area contributed by atoms with Gasteiger partial charge in [0.05, 0.1) is 12.1 Å². The lowest BCUT2D eigenvalue weighted by Crippen LogP contribution is -2.44. The highest BCUT2D eigenvalue weighted by atomic mass is 16.7. The van der Waals surface area contributed by atoms with Crippen molar-refractivity contribution in [3.05, 3.63) is 66.2 Å². The number of carboxylic acids is 1. The number of imide groups is 1. The Bertz CT molecular complexity index is 1080. The van der Waals surface area contributed by atoms with Gasteiger partial charge in [-0.3, -0.25) is 14.4 Å². The molecular formula is C22H18N2O7. The predicted octanol–water partition coefficient (Wildman–Crippen LogP) is 1.72. The van der Waals surface area contributed by atoms with Crippen molar-refractivity contribution in [3.8, 4) is 11.5 Å². The lowest BCUT2D eigenvalue weighted by Gasteiger charge is -2.26. The smallest absolute Gasteiger partial charge is 0.328 e. The van der Waals surface area contributed by atoms with Crippen LogP contribution >= 0.6 is 0 Å². The maximum absolute atomic E-state index is 13.1. The van der Waals surface area contributed by atoms with Crippen LogP contribution in [0.1, 0.15) is 12.0 Å². The van der Waals surface area contributed by atoms with E-state index >= 15 is 0 Å². The van der Waals surface area contributed by atoms with E-state index in [1.54, 1.807) is 48.5 Å². The maximum atomic E-state index is 13.1. The maximum Gasteiger partial charge on any atom is 0.328 e. The number of ether oxygens (including phenoxy) is 2. The van der Waals surface area contributed by atoms with Crippen LogP contribution in [-0.4, -0.2) is 46.5 Å². The summed E-state index contributed by atoms with van der Waals surface area (Å²) >= 11 is 0. The Morgan fingerprint density at radius 1 is 1.06 bits per heavy atom. The van der Waals surface area contributed by atoms with Crippen LogP contribution in [0, 0.1) is 0 Å². The molecule has 2 aromatic carbocycles. The largest absolute Gasteiger partial charge is 0.478 e. The van der Waals surface area contributed by atoms with Gasteiger partial charge in [-0.15, -0.1) is 0 Å². The van der Waals surface area contributed by atoms with Gasteiger partial charge < -0.3 is 19.5 Å². The van der Waals surface area contributed by atoms with Crippen LogP contribution in [0.2, 0.25) is 0 Å². The van der Waals surface area contributed by atoms with Crippen LogP contribution < -0.4 is 14.4 Å². The SMILES string of the molecule is O=C(O)/C=C\C(=O)N(Cc1ccc2c(c1)OCO2)[C@@H]1CC(=O)N(c2ccccc2)C1=O. The number of carbonyl (C=O) groups excluding carboxylic acids is 3. The number of nitrogens with zero attached hydrogens (tertiary/aromatic N) is 2. The number of hydrogen-bond donors (Lipinski definition) is 1. The van der Waals surface area contributed by atoms with Crippen LogP contribution in [0.3, 0.4) is 0 Å². The summed E-state index contributed by atoms with van der Waals surface area (Å²) in [6.07, 6.45) is 1.37. The van der Waals surface area contributed by atoms with E-state index < -0.39 is 29.7 Å². The van der Waals surface area contributed by atoms with E-state index in [-0.39, 0.29) is 19.8 Å². The highest BCUT2D eigenvalue weighted by molar-refractivity contribution is 6.23. The Kier molecular flexibility index (Phi) is 5.40. The molecule has 1 N–H and O–H groups in total. The molecule has 2 aliphatic heterocycles. The van der Waals surface area contributed by atoms with E-state index in [0.717, 1.165) is 11.0 Å². The van der Waals surface area contributed by atoms with E-state index in [9.17, 15) is 19.2 Å². The Balaban J connectivity index is 1.64. The lowest BCUT2D eigenvalue weighted by molar-refractivity contribution is -0.135. The summed E-state index contributed by atoms with van der Waals surface area (Å²) in [5, 5.41) is 8.87. The fraction of sp³-hybridized carbons (Fsp3) is 0.182. The molecule has 0 bridgehead atoms. The summed E-state index contributed by atoms with van der Waals surface area (Å²) in [5.41, 5.74) is 1.05. The third kappa shape index (κ3) is 4.11. The van der Waals surface area contributed by atoms with E-state index in [1.807, 2.05) is 0 Å². The van der Waals surface area contributed by atoms with Gasteiger partial charge in [-0.1, -0.05) is 24.3 Å². The third-order valence-corrected chi connectivity index (χ3v) is 4.95. The minimum absolute atomic E-state index is 0.0221. The van der Waals surface area contributed by atoms with Gasteiger partial charge in [0.2, 0.25) is 18.6 Å². The van der Waals surface area contributed by atoms with Gasteiger partial charge in [-0.05, 0) is 29.8 Å². The fourth-order valence-corrected chi connectivity index (χ4v) is 3.52. The van der Waals surface area contributed by atoms with Gasteiger partial charge in [-0.2, -0.15) is 0 Å². The number of fused-ring (bicyclic) bond motifs is 1. The molecule has 1 fully saturated rings. The fourth-order valence-electron chi connectivity index (χ4n) is 3.52. The zero-order valence-electron chi connectivity index (χ0n) is 16.3. The second-order valence-electron chi connectivity index (χ2n) is 6.95. The van der Waals surface area contributed by atoms with Crippen LogP contribution in [0.25, 0.3) is 0 Å². The Morgan fingerprint density at radius 2 is 1.81 bits per heavy atom. The Morgan fingerprint density at radius 3 is 2.55 bits per heavy atom. The normalized spacial score (nSPS) is 17.4. The molecule has 9 heteroatoms. The number of anilines is 1. The minimum atomic E-state index is -1.30. The molecule has 0 spiro atoms. The molecule has 0 saturated carbocycles. The number of carboxylic acid groups (broad SMARTS) is 1. The predicted molar refractivity (Wildman–Crippen MR) is 107 cm³/mol. The van der Waals surface area contributed by atoms with Crippen molar-refractivity contribution in [2.45, 2.75) is 19.0 Å². The average Bonchev–Trinajstić information content (AvgIpc) is 3.34. The number of hydrogen-bond acceptors (Lipinski definition) is 6. The zero-order chi connectivity index (χ0) is 22.0. The standard InChI is InChI=1S/C22H18N2O7/c25-19(8-9-21(27)28)23(12-14-6-7-17-18(10-14)31-13-30-17)16-11-20(26)24(22(16)29)15-4-2-1-3-5-15/h1-10,16H,11-13H2,(H,27,28)/b9-8-/t16-/m1/s1. The van der Waals surface area contributed by atoms with Crippen LogP contribution in [0.4, 0.5) is 5.69 Å². The zero-order valence-corrected chi connectivity index (χ0v) is 16.3. The Hall–Kier alpha value is -4.14. The van der Waals surface area contributed by atoms with Crippen LogP contribution in [-0.2, 0) is 25.7 Å². The molecule has 1 atom stereocenters. The second kappa shape index (κ2) is 8.31. The van der Waals surface area contributed by atoms with Crippen molar-refractivity contribution in [2.75, 3.05) is 11.7 Å². The summed E-state index contributed by atoms with van der Waals surface area (Å²) in [5.74, 6) is -1.90. The van der Waals surface area contributed by atoms with Crippen LogP contribution in [0.15, 0.2) is 60.7 Å². The van der Waals surface area contributed by atoms with Crippen molar-refractivity contribution in [1.82, 2.24) is 4.90 Å². The molecule has 0 unspecified atom stereocenters. The van der Waals surface area contributed by atoms with Gasteiger partial charge in [0.1, 0.15) is 6.04 Å². The molecule has 2 heterocycles. The minimum Gasteiger partial charge on any atom is -0.478 e. The number of aliphatic carboxylic acids is 1. The van der Waals surface area contributed by atoms with Crippen LogP contribution in [0.5, 0.6) is 11.5 Å². The molecular weight excluding hydrogens is 404 g/mol. The first kappa shape index (κ1) is 20.1. The number of carbonyl (C=O) groups is 4. The summed E-state index contributed by atoms with van der Waals surface area (Å²) < 4.78 is 10.6. The summed E-state index contributed by atoms with van der Waals surface area (Å²) in [4.78, 5) is 51.6. The molecule has 31 heavy (non-hydrogen) atoms. The van der Waals surface area contributed by atoms with Crippen molar-refractivity contribution >= 4 is 29.4 Å². The molecule has 0 aliphatic carbocycles. The quantitative estimate of drug-likeness (QED) is 0.557. The van der Waals surface area contributed by atoms with E-state index in [2.05, 4.69) is 0 Å². The molecule has 3 amide bonds. The number of rotatable bonds is 6. The summed E-state index contributed by atoms with van der Waals surface area (Å²) in [6.45, 7) is 0.0657. The highest BCUT2D eigenvalue weighted by Gasteiger charge is 2.44. The van der Waals surface area contributed by atoms with Gasteiger partial charge >= 0.3 is 5.97 Å². The summed E-state index contributed by atoms with van der Waals surface area (Å²) in [7, 11) is 0. The van der Waals surface area contributed by atoms with Gasteiger partial charge in [-0.25, -0.2) is 9.69 Å². The first-order valence-corrected chi connectivity index (χ1v) is 9.46. The third-order valence-electron chi connectivity index (χ3n) is 4.95. The van der Waals surface area contributed by atoms with Gasteiger partial charge in [0.15, 0.2) is 11.5 Å². The van der Waals surface area contributed by atoms with E-state index in [4.69, 9.17) is 14.6 Å². The molecule has 0 aromatic heterocycles. The van der Waals surface area contributed by atoms with Gasteiger partial charge in [0, 0.05) is 18.7 Å².